The van der Waals surface area contributed by atoms with Crippen molar-refractivity contribution in [1.29, 1.82) is 0 Å². The molecule has 0 aliphatic carbocycles. The van der Waals surface area contributed by atoms with Crippen LogP contribution in [-0.2, 0) is 9.59 Å². The maximum atomic E-state index is 11.7. The van der Waals surface area contributed by atoms with Crippen molar-refractivity contribution in [2.24, 2.45) is 0 Å². The fraction of sp³-hybridized carbons (Fsp3) is 0.467. The lowest BCUT2D eigenvalue weighted by Gasteiger charge is -2.10. The molecule has 0 radical (unpaired) electrons. The summed E-state index contributed by atoms with van der Waals surface area (Å²) >= 11 is 0. The molecule has 0 fully saturated rings. The molecule has 0 aliphatic heterocycles. The van der Waals surface area contributed by atoms with E-state index in [1.54, 1.807) is 24.3 Å². The SMILES string of the molecule is CC(=O)Nc1ccc(NC(=O)CCNCCN(C)C)cc1. The molecule has 1 rings (SSSR count). The lowest BCUT2D eigenvalue weighted by Crippen LogP contribution is -2.29. The largest absolute Gasteiger partial charge is 0.326 e. The molecule has 6 nitrogen and oxygen atoms in total. The Bertz CT molecular complexity index is 457. The Kier molecular flexibility index (Phi) is 7.42. The third-order valence-electron chi connectivity index (χ3n) is 2.75. The number of anilines is 2. The van der Waals surface area contributed by atoms with Gasteiger partial charge in [-0.25, -0.2) is 0 Å². The Morgan fingerprint density at radius 2 is 1.57 bits per heavy atom. The number of rotatable bonds is 8. The zero-order valence-electron chi connectivity index (χ0n) is 12.9. The highest BCUT2D eigenvalue weighted by molar-refractivity contribution is 5.92. The zero-order valence-corrected chi connectivity index (χ0v) is 12.9. The lowest BCUT2D eigenvalue weighted by atomic mass is 10.2. The summed E-state index contributed by atoms with van der Waals surface area (Å²) < 4.78 is 0. The Balaban J connectivity index is 2.26. The van der Waals surface area contributed by atoms with Crippen molar-refractivity contribution in [1.82, 2.24) is 10.2 Å². The third kappa shape index (κ3) is 8.06. The molecule has 1 aromatic carbocycles. The van der Waals surface area contributed by atoms with E-state index in [2.05, 4.69) is 20.9 Å². The summed E-state index contributed by atoms with van der Waals surface area (Å²) in [5, 5.41) is 8.71. The molecular formula is C15H24N4O2. The Hall–Kier alpha value is -1.92. The van der Waals surface area contributed by atoms with Crippen molar-refractivity contribution in [3.05, 3.63) is 24.3 Å². The van der Waals surface area contributed by atoms with Gasteiger partial charge >= 0.3 is 0 Å². The van der Waals surface area contributed by atoms with E-state index in [0.29, 0.717) is 18.7 Å². The quantitative estimate of drug-likeness (QED) is 0.628. The highest BCUT2D eigenvalue weighted by Crippen LogP contribution is 2.13. The van der Waals surface area contributed by atoms with Crippen molar-refractivity contribution >= 4 is 23.2 Å². The van der Waals surface area contributed by atoms with Crippen LogP contribution in [0.3, 0.4) is 0 Å². The topological polar surface area (TPSA) is 73.5 Å². The number of benzene rings is 1. The zero-order chi connectivity index (χ0) is 15.7. The van der Waals surface area contributed by atoms with Crippen molar-refractivity contribution in [2.75, 3.05) is 44.4 Å². The molecule has 3 N–H and O–H groups in total. The number of hydrogen-bond acceptors (Lipinski definition) is 4. The molecule has 0 saturated carbocycles. The molecule has 21 heavy (non-hydrogen) atoms. The minimum Gasteiger partial charge on any atom is -0.326 e. The average Bonchev–Trinajstić information content (AvgIpc) is 2.39. The van der Waals surface area contributed by atoms with Gasteiger partial charge in [0, 0.05) is 44.4 Å². The van der Waals surface area contributed by atoms with Crippen molar-refractivity contribution in [2.45, 2.75) is 13.3 Å². The standard InChI is InChI=1S/C15H24N4O2/c1-12(20)17-13-4-6-14(7-5-13)18-15(21)8-9-16-10-11-19(2)3/h4-7,16H,8-11H2,1-3H3,(H,17,20)(H,18,21). The Labute approximate surface area is 125 Å². The number of hydrogen-bond donors (Lipinski definition) is 3. The summed E-state index contributed by atoms with van der Waals surface area (Å²) in [7, 11) is 4.03. The summed E-state index contributed by atoms with van der Waals surface area (Å²) in [6.45, 7) is 3.93. The van der Waals surface area contributed by atoms with Crippen molar-refractivity contribution in [3.63, 3.8) is 0 Å². The smallest absolute Gasteiger partial charge is 0.225 e. The third-order valence-corrected chi connectivity index (χ3v) is 2.75. The summed E-state index contributed by atoms with van der Waals surface area (Å²) in [6.07, 6.45) is 0.431. The first-order valence-corrected chi connectivity index (χ1v) is 7.00. The number of nitrogens with one attached hydrogen (secondary N) is 3. The maximum absolute atomic E-state index is 11.7. The number of likely N-dealkylation sites (N-methyl/N-ethyl adjacent to an activating group) is 1. The van der Waals surface area contributed by atoms with Gasteiger partial charge in [0.1, 0.15) is 0 Å². The van der Waals surface area contributed by atoms with Crippen LogP contribution < -0.4 is 16.0 Å². The second-order valence-corrected chi connectivity index (χ2v) is 5.11. The number of amides is 2. The summed E-state index contributed by atoms with van der Waals surface area (Å²) in [6, 6.07) is 7.05. The monoisotopic (exact) mass is 292 g/mol. The number of carbonyl (C=O) groups excluding carboxylic acids is 2. The molecule has 0 unspecified atom stereocenters. The molecule has 2 amide bonds. The predicted octanol–water partition coefficient (Wildman–Crippen LogP) is 1.12. The van der Waals surface area contributed by atoms with E-state index in [4.69, 9.17) is 0 Å². The van der Waals surface area contributed by atoms with E-state index in [1.165, 1.54) is 6.92 Å². The van der Waals surface area contributed by atoms with Gasteiger partial charge in [-0.1, -0.05) is 0 Å². The molecule has 1 aromatic rings. The van der Waals surface area contributed by atoms with Gasteiger partial charge in [-0.2, -0.15) is 0 Å². The summed E-state index contributed by atoms with van der Waals surface area (Å²) in [5.41, 5.74) is 1.44. The van der Waals surface area contributed by atoms with Crippen LogP contribution in [0.5, 0.6) is 0 Å². The van der Waals surface area contributed by atoms with Crippen LogP contribution in [0.2, 0.25) is 0 Å². The highest BCUT2D eigenvalue weighted by atomic mass is 16.2. The fourth-order valence-corrected chi connectivity index (χ4v) is 1.69. The molecule has 0 aliphatic rings. The lowest BCUT2D eigenvalue weighted by molar-refractivity contribution is -0.116. The highest BCUT2D eigenvalue weighted by Gasteiger charge is 2.02. The summed E-state index contributed by atoms with van der Waals surface area (Å²) in [4.78, 5) is 24.7. The van der Waals surface area contributed by atoms with Crippen LogP contribution in [0, 0.1) is 0 Å². The second kappa shape index (κ2) is 9.10. The van der Waals surface area contributed by atoms with Crippen LogP contribution in [0.15, 0.2) is 24.3 Å². The van der Waals surface area contributed by atoms with Gasteiger partial charge in [-0.3, -0.25) is 9.59 Å². The van der Waals surface area contributed by atoms with E-state index in [-0.39, 0.29) is 11.8 Å². The van der Waals surface area contributed by atoms with Gasteiger partial charge in [-0.15, -0.1) is 0 Å². The van der Waals surface area contributed by atoms with Crippen LogP contribution in [0.25, 0.3) is 0 Å². The first-order chi connectivity index (χ1) is 9.97. The van der Waals surface area contributed by atoms with E-state index >= 15 is 0 Å². The average molecular weight is 292 g/mol. The van der Waals surface area contributed by atoms with Crippen LogP contribution >= 0.6 is 0 Å². The van der Waals surface area contributed by atoms with E-state index < -0.39 is 0 Å². The molecule has 0 atom stereocenters. The first kappa shape index (κ1) is 17.1. The minimum absolute atomic E-state index is 0.0281. The molecule has 116 valence electrons. The molecule has 6 heteroatoms. The van der Waals surface area contributed by atoms with E-state index in [0.717, 1.165) is 18.8 Å². The molecule has 0 aromatic heterocycles. The van der Waals surface area contributed by atoms with Crippen LogP contribution in [-0.4, -0.2) is 50.4 Å². The van der Waals surface area contributed by atoms with E-state index in [1.807, 2.05) is 14.1 Å². The van der Waals surface area contributed by atoms with Crippen LogP contribution in [0.1, 0.15) is 13.3 Å². The minimum atomic E-state index is -0.115. The molecule has 0 heterocycles. The number of carbonyl (C=O) groups is 2. The molecule has 0 spiro atoms. The fourth-order valence-electron chi connectivity index (χ4n) is 1.69. The Morgan fingerprint density at radius 1 is 1.00 bits per heavy atom. The maximum Gasteiger partial charge on any atom is 0.225 e. The second-order valence-electron chi connectivity index (χ2n) is 5.11. The Morgan fingerprint density at radius 3 is 2.10 bits per heavy atom. The van der Waals surface area contributed by atoms with Crippen LogP contribution in [0.4, 0.5) is 11.4 Å². The summed E-state index contributed by atoms with van der Waals surface area (Å²) in [5.74, 6) is -0.143. The van der Waals surface area contributed by atoms with Crippen molar-refractivity contribution in [3.8, 4) is 0 Å². The van der Waals surface area contributed by atoms with Gasteiger partial charge in [-0.05, 0) is 38.4 Å². The number of nitrogens with zero attached hydrogens (tertiary/aromatic N) is 1. The van der Waals surface area contributed by atoms with Gasteiger partial charge in [0.05, 0.1) is 0 Å². The van der Waals surface area contributed by atoms with Gasteiger partial charge in [0.2, 0.25) is 11.8 Å². The molecule has 0 bridgehead atoms. The predicted molar refractivity (Wildman–Crippen MR) is 85.4 cm³/mol. The van der Waals surface area contributed by atoms with Gasteiger partial charge in [0.25, 0.3) is 0 Å². The molecular weight excluding hydrogens is 268 g/mol. The van der Waals surface area contributed by atoms with E-state index in [9.17, 15) is 9.59 Å². The first-order valence-electron chi connectivity index (χ1n) is 7.00. The van der Waals surface area contributed by atoms with Gasteiger partial charge in [0.15, 0.2) is 0 Å². The normalized spacial score (nSPS) is 10.5. The van der Waals surface area contributed by atoms with Gasteiger partial charge < -0.3 is 20.9 Å². The van der Waals surface area contributed by atoms with Crippen molar-refractivity contribution < 1.29 is 9.59 Å². The molecule has 0 saturated heterocycles.